The summed E-state index contributed by atoms with van der Waals surface area (Å²) in [6.07, 6.45) is 3.16. The molecule has 0 saturated heterocycles. The average molecular weight is 146 g/mol. The predicted molar refractivity (Wildman–Crippen MR) is 38.8 cm³/mol. The molecular formula is C8H15FO. The molecule has 0 aliphatic heterocycles. The highest BCUT2D eigenvalue weighted by atomic mass is 19.1. The van der Waals surface area contributed by atoms with Crippen LogP contribution in [-0.4, -0.2) is 18.9 Å². The monoisotopic (exact) mass is 146 g/mol. The van der Waals surface area contributed by atoms with E-state index in [0.29, 0.717) is 19.6 Å². The Bertz CT molecular complexity index is 99.4. The van der Waals surface area contributed by atoms with E-state index in [-0.39, 0.29) is 0 Å². The van der Waals surface area contributed by atoms with Gasteiger partial charge in [-0.2, -0.15) is 0 Å². The number of alkyl halides is 1. The molecule has 0 heterocycles. The van der Waals surface area contributed by atoms with Gasteiger partial charge in [0.1, 0.15) is 5.67 Å². The number of rotatable bonds is 4. The quantitative estimate of drug-likeness (QED) is 0.553. The first-order chi connectivity index (χ1) is 4.77. The molecule has 0 aromatic heterocycles. The lowest BCUT2D eigenvalue weighted by atomic mass is 9.80. The number of hydrogen-bond donors (Lipinski definition) is 0. The van der Waals surface area contributed by atoms with E-state index in [0.717, 1.165) is 19.3 Å². The summed E-state index contributed by atoms with van der Waals surface area (Å²) in [5.74, 6) is 0. The van der Waals surface area contributed by atoms with Crippen LogP contribution in [0.5, 0.6) is 0 Å². The van der Waals surface area contributed by atoms with Gasteiger partial charge in [0, 0.05) is 19.6 Å². The van der Waals surface area contributed by atoms with Crippen molar-refractivity contribution in [1.29, 1.82) is 0 Å². The van der Waals surface area contributed by atoms with E-state index in [1.165, 1.54) is 0 Å². The summed E-state index contributed by atoms with van der Waals surface area (Å²) in [5.41, 5.74) is -0.852. The third kappa shape index (κ3) is 1.94. The molecule has 2 heteroatoms. The van der Waals surface area contributed by atoms with Gasteiger partial charge in [-0.25, -0.2) is 4.39 Å². The summed E-state index contributed by atoms with van der Waals surface area (Å²) in [6.45, 7) is 3.23. The molecule has 1 fully saturated rings. The van der Waals surface area contributed by atoms with Crippen LogP contribution in [0.15, 0.2) is 0 Å². The van der Waals surface area contributed by atoms with Gasteiger partial charge in [0.25, 0.3) is 0 Å². The molecule has 0 atom stereocenters. The van der Waals surface area contributed by atoms with Crippen molar-refractivity contribution in [2.45, 2.75) is 38.3 Å². The van der Waals surface area contributed by atoms with E-state index in [1.807, 2.05) is 6.92 Å². The minimum atomic E-state index is -0.852. The maximum Gasteiger partial charge on any atom is 0.113 e. The Hall–Kier alpha value is -0.110. The summed E-state index contributed by atoms with van der Waals surface area (Å²) in [6, 6.07) is 0. The second-order valence-electron chi connectivity index (χ2n) is 2.95. The Balaban J connectivity index is 2.01. The topological polar surface area (TPSA) is 9.23 Å². The summed E-state index contributed by atoms with van der Waals surface area (Å²) in [4.78, 5) is 0. The van der Waals surface area contributed by atoms with E-state index in [4.69, 9.17) is 4.74 Å². The Labute approximate surface area is 61.6 Å². The third-order valence-electron chi connectivity index (χ3n) is 2.15. The van der Waals surface area contributed by atoms with Crippen LogP contribution in [0.4, 0.5) is 4.39 Å². The molecule has 0 amide bonds. The van der Waals surface area contributed by atoms with E-state index < -0.39 is 5.67 Å². The first-order valence-corrected chi connectivity index (χ1v) is 4.03. The first kappa shape index (κ1) is 7.99. The number of ether oxygens (including phenoxy) is 1. The molecule has 1 nitrogen and oxygen atoms in total. The van der Waals surface area contributed by atoms with E-state index >= 15 is 0 Å². The van der Waals surface area contributed by atoms with Crippen molar-refractivity contribution in [3.63, 3.8) is 0 Å². The lowest BCUT2D eigenvalue weighted by Gasteiger charge is -2.33. The molecule has 1 aliphatic carbocycles. The van der Waals surface area contributed by atoms with Gasteiger partial charge >= 0.3 is 0 Å². The Kier molecular flexibility index (Phi) is 2.66. The van der Waals surface area contributed by atoms with Gasteiger partial charge in [0.2, 0.25) is 0 Å². The van der Waals surface area contributed by atoms with Crippen LogP contribution in [0.2, 0.25) is 0 Å². The van der Waals surface area contributed by atoms with Crippen molar-refractivity contribution in [3.8, 4) is 0 Å². The maximum absolute atomic E-state index is 13.1. The fourth-order valence-corrected chi connectivity index (χ4v) is 1.21. The van der Waals surface area contributed by atoms with Crippen molar-refractivity contribution in [1.82, 2.24) is 0 Å². The van der Waals surface area contributed by atoms with E-state index in [1.54, 1.807) is 0 Å². The molecule has 0 aromatic rings. The lowest BCUT2D eigenvalue weighted by Crippen LogP contribution is -2.32. The number of halogens is 1. The van der Waals surface area contributed by atoms with Gasteiger partial charge in [-0.05, 0) is 26.2 Å². The normalized spacial score (nSPS) is 22.2. The van der Waals surface area contributed by atoms with Crippen molar-refractivity contribution < 1.29 is 9.13 Å². The van der Waals surface area contributed by atoms with Crippen LogP contribution < -0.4 is 0 Å². The summed E-state index contributed by atoms with van der Waals surface area (Å²) in [7, 11) is 0. The molecule has 1 aliphatic rings. The zero-order chi connectivity index (χ0) is 7.45. The van der Waals surface area contributed by atoms with Gasteiger partial charge in [-0.3, -0.25) is 0 Å². The molecule has 1 rings (SSSR count). The molecule has 0 spiro atoms. The van der Waals surface area contributed by atoms with Gasteiger partial charge in [0.05, 0.1) is 0 Å². The van der Waals surface area contributed by atoms with Crippen LogP contribution in [0.3, 0.4) is 0 Å². The highest BCUT2D eigenvalue weighted by Crippen LogP contribution is 2.38. The van der Waals surface area contributed by atoms with Crippen molar-refractivity contribution in [2.75, 3.05) is 13.2 Å². The Morgan fingerprint density at radius 3 is 2.60 bits per heavy atom. The molecule has 10 heavy (non-hydrogen) atoms. The molecule has 0 unspecified atom stereocenters. The smallest absolute Gasteiger partial charge is 0.113 e. The van der Waals surface area contributed by atoms with Crippen molar-refractivity contribution in [3.05, 3.63) is 0 Å². The average Bonchev–Trinajstić information content (AvgIpc) is 1.85. The molecular weight excluding hydrogens is 131 g/mol. The molecule has 60 valence electrons. The Morgan fingerprint density at radius 2 is 2.20 bits per heavy atom. The number of hydrogen-bond acceptors (Lipinski definition) is 1. The zero-order valence-electron chi connectivity index (χ0n) is 6.53. The van der Waals surface area contributed by atoms with Crippen LogP contribution in [0, 0.1) is 0 Å². The fraction of sp³-hybridized carbons (Fsp3) is 1.00. The van der Waals surface area contributed by atoms with Crippen LogP contribution in [0.25, 0.3) is 0 Å². The molecule has 0 radical (unpaired) electrons. The standard InChI is InChI=1S/C8H15FO/c1-2-10-7-6-8(9)4-3-5-8/h2-7H2,1H3. The molecule has 0 N–H and O–H groups in total. The highest BCUT2D eigenvalue weighted by molar-refractivity contribution is 4.87. The van der Waals surface area contributed by atoms with Crippen LogP contribution in [-0.2, 0) is 4.74 Å². The summed E-state index contributed by atoms with van der Waals surface area (Å²) >= 11 is 0. The van der Waals surface area contributed by atoms with E-state index in [2.05, 4.69) is 0 Å². The second-order valence-corrected chi connectivity index (χ2v) is 2.95. The van der Waals surface area contributed by atoms with Crippen molar-refractivity contribution in [2.24, 2.45) is 0 Å². The fourth-order valence-electron chi connectivity index (χ4n) is 1.21. The van der Waals surface area contributed by atoms with Gasteiger partial charge < -0.3 is 4.74 Å². The molecule has 1 saturated carbocycles. The predicted octanol–water partition coefficient (Wildman–Crippen LogP) is 2.31. The Morgan fingerprint density at radius 1 is 1.50 bits per heavy atom. The minimum Gasteiger partial charge on any atom is -0.382 e. The third-order valence-corrected chi connectivity index (χ3v) is 2.15. The molecule has 0 aromatic carbocycles. The first-order valence-electron chi connectivity index (χ1n) is 4.03. The van der Waals surface area contributed by atoms with Gasteiger partial charge in [0.15, 0.2) is 0 Å². The molecule has 0 bridgehead atoms. The zero-order valence-corrected chi connectivity index (χ0v) is 6.53. The largest absolute Gasteiger partial charge is 0.382 e. The summed E-state index contributed by atoms with van der Waals surface area (Å²) < 4.78 is 18.2. The van der Waals surface area contributed by atoms with Crippen LogP contribution in [0.1, 0.15) is 32.6 Å². The lowest BCUT2D eigenvalue weighted by molar-refractivity contribution is 0.0174. The minimum absolute atomic E-state index is 0.590. The highest BCUT2D eigenvalue weighted by Gasteiger charge is 2.36. The van der Waals surface area contributed by atoms with Gasteiger partial charge in [-0.15, -0.1) is 0 Å². The van der Waals surface area contributed by atoms with E-state index in [9.17, 15) is 4.39 Å². The summed E-state index contributed by atoms with van der Waals surface area (Å²) in [5, 5.41) is 0. The maximum atomic E-state index is 13.1. The van der Waals surface area contributed by atoms with Crippen molar-refractivity contribution >= 4 is 0 Å². The van der Waals surface area contributed by atoms with Crippen LogP contribution >= 0.6 is 0 Å². The van der Waals surface area contributed by atoms with Gasteiger partial charge in [-0.1, -0.05) is 0 Å². The SMILES string of the molecule is CCOCCC1(F)CCC1. The second kappa shape index (κ2) is 3.33.